The van der Waals surface area contributed by atoms with E-state index in [2.05, 4.69) is 5.32 Å². The number of ketones is 1. The van der Waals surface area contributed by atoms with Crippen LogP contribution in [-0.4, -0.2) is 23.8 Å². The Morgan fingerprint density at radius 1 is 0.828 bits per heavy atom. The van der Waals surface area contributed by atoms with Crippen molar-refractivity contribution in [2.75, 3.05) is 5.32 Å². The van der Waals surface area contributed by atoms with Gasteiger partial charge in [0.2, 0.25) is 0 Å². The van der Waals surface area contributed by atoms with Crippen LogP contribution in [0.2, 0.25) is 0 Å². The summed E-state index contributed by atoms with van der Waals surface area (Å²) in [6.07, 6.45) is -1.12. The molecule has 146 valence electrons. The molecular weight excluding hydrogens is 373 g/mol. The van der Waals surface area contributed by atoms with Gasteiger partial charge in [-0.1, -0.05) is 48.5 Å². The first-order chi connectivity index (χ1) is 14.0. The highest BCUT2D eigenvalue weighted by molar-refractivity contribution is 6.14. The highest BCUT2D eigenvalue weighted by Crippen LogP contribution is 2.17. The summed E-state index contributed by atoms with van der Waals surface area (Å²) in [6, 6.07) is 20.1. The first-order valence-corrected chi connectivity index (χ1v) is 8.92. The average Bonchev–Trinajstić information content (AvgIpc) is 2.75. The Morgan fingerprint density at radius 3 is 2.07 bits per heavy atom. The van der Waals surface area contributed by atoms with Gasteiger partial charge in [-0.15, -0.1) is 0 Å². The van der Waals surface area contributed by atoms with Crippen molar-refractivity contribution in [2.45, 2.75) is 13.0 Å². The molecule has 0 saturated heterocycles. The third kappa shape index (κ3) is 4.93. The van der Waals surface area contributed by atoms with Gasteiger partial charge < -0.3 is 10.1 Å². The number of esters is 1. The van der Waals surface area contributed by atoms with E-state index in [-0.39, 0.29) is 16.9 Å². The summed E-state index contributed by atoms with van der Waals surface area (Å²) in [7, 11) is 0. The highest BCUT2D eigenvalue weighted by Gasteiger charge is 2.23. The number of nitrogens with one attached hydrogen (secondary N) is 1. The molecule has 3 rings (SSSR count). The molecule has 5 nitrogen and oxygen atoms in total. The predicted octanol–water partition coefficient (Wildman–Crippen LogP) is 4.24. The third-order valence-electron chi connectivity index (χ3n) is 4.19. The molecular formula is C23H18FNO4. The minimum atomic E-state index is -1.12. The van der Waals surface area contributed by atoms with Crippen LogP contribution in [0, 0.1) is 5.82 Å². The molecule has 0 aliphatic rings. The summed E-state index contributed by atoms with van der Waals surface area (Å²) >= 11 is 0. The molecule has 0 aliphatic carbocycles. The second kappa shape index (κ2) is 8.93. The lowest BCUT2D eigenvalue weighted by Gasteiger charge is -2.15. The van der Waals surface area contributed by atoms with Crippen LogP contribution in [0.1, 0.15) is 33.2 Å². The lowest BCUT2D eigenvalue weighted by atomic mass is 9.98. The number of hydrogen-bond donors (Lipinski definition) is 1. The number of carbonyl (C=O) groups excluding carboxylic acids is 3. The normalized spacial score (nSPS) is 11.4. The molecule has 29 heavy (non-hydrogen) atoms. The van der Waals surface area contributed by atoms with Crippen molar-refractivity contribution >= 4 is 23.3 Å². The van der Waals surface area contributed by atoms with Crippen molar-refractivity contribution in [2.24, 2.45) is 0 Å². The minimum absolute atomic E-state index is 0.0720. The molecule has 0 heterocycles. The van der Waals surface area contributed by atoms with E-state index >= 15 is 0 Å². The molecule has 3 aromatic rings. The first-order valence-electron chi connectivity index (χ1n) is 8.92. The Kier molecular flexibility index (Phi) is 6.14. The van der Waals surface area contributed by atoms with Crippen molar-refractivity contribution in [1.82, 2.24) is 0 Å². The van der Waals surface area contributed by atoms with Crippen molar-refractivity contribution in [1.29, 1.82) is 0 Å². The molecule has 0 saturated carbocycles. The fraction of sp³-hybridized carbons (Fsp3) is 0.0870. The molecule has 0 spiro atoms. The highest BCUT2D eigenvalue weighted by atomic mass is 19.1. The Balaban J connectivity index is 1.73. The number of benzene rings is 3. The first kappa shape index (κ1) is 19.9. The molecule has 6 heteroatoms. The Labute approximate surface area is 167 Å². The molecule has 0 aromatic heterocycles. The Bertz CT molecular complexity index is 1030. The SMILES string of the molecule is C[C@@H](OC(=O)c1ccccc1C(=O)c1ccccc1)C(=O)Nc1ccc(F)cc1. The summed E-state index contributed by atoms with van der Waals surface area (Å²) in [4.78, 5) is 37.6. The molecule has 1 N–H and O–H groups in total. The molecule has 1 atom stereocenters. The van der Waals surface area contributed by atoms with E-state index in [1.807, 2.05) is 0 Å². The van der Waals surface area contributed by atoms with Crippen LogP contribution in [0.4, 0.5) is 10.1 Å². The fourth-order valence-electron chi connectivity index (χ4n) is 2.66. The molecule has 0 aliphatic heterocycles. The summed E-state index contributed by atoms with van der Waals surface area (Å²) in [5.74, 6) is -2.10. The maximum atomic E-state index is 13.0. The molecule has 0 bridgehead atoms. The zero-order valence-electron chi connectivity index (χ0n) is 15.6. The number of carbonyl (C=O) groups is 3. The predicted molar refractivity (Wildman–Crippen MR) is 106 cm³/mol. The minimum Gasteiger partial charge on any atom is -0.449 e. The van der Waals surface area contributed by atoms with E-state index in [1.54, 1.807) is 42.5 Å². The second-order valence-electron chi connectivity index (χ2n) is 6.28. The number of halogens is 1. The number of hydrogen-bond acceptors (Lipinski definition) is 4. The molecule has 3 aromatic carbocycles. The Morgan fingerprint density at radius 2 is 1.41 bits per heavy atom. The molecule has 0 unspecified atom stereocenters. The summed E-state index contributed by atoms with van der Waals surface area (Å²) in [5.41, 5.74) is 1.08. The third-order valence-corrected chi connectivity index (χ3v) is 4.19. The van der Waals surface area contributed by atoms with E-state index in [0.29, 0.717) is 11.3 Å². The zero-order chi connectivity index (χ0) is 20.8. The van der Waals surface area contributed by atoms with Gasteiger partial charge in [0, 0.05) is 16.8 Å². The van der Waals surface area contributed by atoms with Gasteiger partial charge in [-0.05, 0) is 37.3 Å². The summed E-state index contributed by atoms with van der Waals surface area (Å²) < 4.78 is 18.2. The van der Waals surface area contributed by atoms with Crippen LogP contribution in [0.3, 0.4) is 0 Å². The summed E-state index contributed by atoms with van der Waals surface area (Å²) in [6.45, 7) is 1.42. The summed E-state index contributed by atoms with van der Waals surface area (Å²) in [5, 5.41) is 2.54. The van der Waals surface area contributed by atoms with Crippen LogP contribution in [-0.2, 0) is 9.53 Å². The van der Waals surface area contributed by atoms with Gasteiger partial charge in [0.25, 0.3) is 5.91 Å². The molecule has 1 amide bonds. The van der Waals surface area contributed by atoms with Crippen LogP contribution >= 0.6 is 0 Å². The van der Waals surface area contributed by atoms with Crippen LogP contribution in [0.25, 0.3) is 0 Å². The standard InChI is InChI=1S/C23H18FNO4/c1-15(22(27)25-18-13-11-17(24)12-14-18)29-23(28)20-10-6-5-9-19(20)21(26)16-7-3-2-4-8-16/h2-15H,1H3,(H,25,27)/t15-/m1/s1. The van der Waals surface area contributed by atoms with E-state index in [4.69, 9.17) is 4.74 Å². The second-order valence-corrected chi connectivity index (χ2v) is 6.28. The van der Waals surface area contributed by atoms with Crippen LogP contribution in [0.5, 0.6) is 0 Å². The van der Waals surface area contributed by atoms with Crippen LogP contribution in [0.15, 0.2) is 78.9 Å². The van der Waals surface area contributed by atoms with E-state index in [9.17, 15) is 18.8 Å². The van der Waals surface area contributed by atoms with Gasteiger partial charge in [-0.25, -0.2) is 9.18 Å². The van der Waals surface area contributed by atoms with Gasteiger partial charge in [0.15, 0.2) is 11.9 Å². The Hall–Kier alpha value is -3.80. The zero-order valence-corrected chi connectivity index (χ0v) is 15.6. The van der Waals surface area contributed by atoms with E-state index < -0.39 is 23.8 Å². The van der Waals surface area contributed by atoms with Crippen molar-refractivity contribution in [3.8, 4) is 0 Å². The quantitative estimate of drug-likeness (QED) is 0.504. The topological polar surface area (TPSA) is 72.5 Å². The maximum Gasteiger partial charge on any atom is 0.339 e. The van der Waals surface area contributed by atoms with Crippen molar-refractivity contribution in [3.63, 3.8) is 0 Å². The number of rotatable bonds is 6. The lowest BCUT2D eigenvalue weighted by Crippen LogP contribution is -2.30. The van der Waals surface area contributed by atoms with Gasteiger partial charge in [0.1, 0.15) is 5.82 Å². The number of amides is 1. The molecule has 0 radical (unpaired) electrons. The molecule has 0 fully saturated rings. The average molecular weight is 391 g/mol. The van der Waals surface area contributed by atoms with Crippen molar-refractivity contribution in [3.05, 3.63) is 101 Å². The number of anilines is 1. The van der Waals surface area contributed by atoms with Crippen molar-refractivity contribution < 1.29 is 23.5 Å². The fourth-order valence-corrected chi connectivity index (χ4v) is 2.66. The van der Waals surface area contributed by atoms with E-state index in [1.165, 1.54) is 43.3 Å². The van der Waals surface area contributed by atoms with Gasteiger partial charge in [-0.3, -0.25) is 9.59 Å². The monoisotopic (exact) mass is 391 g/mol. The number of ether oxygens (including phenoxy) is 1. The van der Waals surface area contributed by atoms with Crippen LogP contribution < -0.4 is 5.32 Å². The largest absolute Gasteiger partial charge is 0.449 e. The smallest absolute Gasteiger partial charge is 0.339 e. The van der Waals surface area contributed by atoms with Gasteiger partial charge >= 0.3 is 5.97 Å². The lowest BCUT2D eigenvalue weighted by molar-refractivity contribution is -0.123. The maximum absolute atomic E-state index is 13.0. The van der Waals surface area contributed by atoms with E-state index in [0.717, 1.165) is 0 Å². The van der Waals surface area contributed by atoms with Gasteiger partial charge in [0.05, 0.1) is 5.56 Å². The van der Waals surface area contributed by atoms with Gasteiger partial charge in [-0.2, -0.15) is 0 Å².